The van der Waals surface area contributed by atoms with E-state index in [9.17, 15) is 14.4 Å². The van der Waals surface area contributed by atoms with Crippen LogP contribution in [0.1, 0.15) is 49.1 Å². The zero-order chi connectivity index (χ0) is 34.4. The number of fused-ring (bicyclic) bond motifs is 2. The lowest BCUT2D eigenvalue weighted by molar-refractivity contribution is -0.128. The smallest absolute Gasteiger partial charge is 0.314 e. The molecule has 0 radical (unpaired) electrons. The second kappa shape index (κ2) is 14.8. The van der Waals surface area contributed by atoms with E-state index in [0.29, 0.717) is 32.5 Å². The molecule has 0 bridgehead atoms. The van der Waals surface area contributed by atoms with Crippen LogP contribution in [0.25, 0.3) is 22.1 Å². The quantitative estimate of drug-likeness (QED) is 0.130. The normalized spacial score (nSPS) is 14.6. The third-order valence-corrected chi connectivity index (χ3v) is 8.99. The number of urea groups is 1. The molecule has 2 heterocycles. The molecule has 9 heteroatoms. The van der Waals surface area contributed by atoms with Crippen LogP contribution >= 0.6 is 0 Å². The van der Waals surface area contributed by atoms with Crippen molar-refractivity contribution in [3.63, 3.8) is 0 Å². The summed E-state index contributed by atoms with van der Waals surface area (Å²) in [5.74, 6) is 0.499. The maximum atomic E-state index is 14.1. The lowest BCUT2D eigenvalue weighted by atomic mass is 9.98. The molecule has 9 nitrogen and oxygen atoms in total. The summed E-state index contributed by atoms with van der Waals surface area (Å²) in [5.41, 5.74) is 6.26. The van der Waals surface area contributed by atoms with Crippen molar-refractivity contribution in [1.82, 2.24) is 21.3 Å². The van der Waals surface area contributed by atoms with Crippen LogP contribution in [0.4, 0.5) is 10.5 Å². The number of rotatable bonds is 11. The minimum Gasteiger partial charge on any atom is -0.460 e. The van der Waals surface area contributed by atoms with Gasteiger partial charge in [-0.2, -0.15) is 0 Å². The summed E-state index contributed by atoms with van der Waals surface area (Å²) in [6.45, 7) is 5.21. The van der Waals surface area contributed by atoms with Crippen molar-refractivity contribution in [2.45, 2.75) is 64.3 Å². The van der Waals surface area contributed by atoms with Crippen molar-refractivity contribution < 1.29 is 18.8 Å². The second-order valence-electron chi connectivity index (χ2n) is 13.2. The highest BCUT2D eigenvalue weighted by Crippen LogP contribution is 2.30. The van der Waals surface area contributed by atoms with Gasteiger partial charge in [-0.3, -0.25) is 9.59 Å². The Morgan fingerprint density at radius 3 is 2.43 bits per heavy atom. The molecule has 49 heavy (non-hydrogen) atoms. The van der Waals surface area contributed by atoms with E-state index in [2.05, 4.69) is 27.3 Å². The largest absolute Gasteiger partial charge is 0.460 e. The SMILES string of the molecule is CNC(=O)NCc1ccccc1-c1ccc(CN2C(=O)[C@H](NC(=O)CC(C)(C)NCc3cc4ccccc4o3)CCc3ccccc32)cc1. The zero-order valence-corrected chi connectivity index (χ0v) is 28.2. The number of anilines is 1. The van der Waals surface area contributed by atoms with E-state index in [1.165, 1.54) is 0 Å². The van der Waals surface area contributed by atoms with E-state index < -0.39 is 11.6 Å². The summed E-state index contributed by atoms with van der Waals surface area (Å²) in [4.78, 5) is 41.1. The van der Waals surface area contributed by atoms with Gasteiger partial charge in [-0.15, -0.1) is 0 Å². The van der Waals surface area contributed by atoms with Crippen LogP contribution in [-0.4, -0.2) is 36.5 Å². The molecule has 0 aliphatic carbocycles. The zero-order valence-electron chi connectivity index (χ0n) is 28.2. The maximum absolute atomic E-state index is 14.1. The van der Waals surface area contributed by atoms with E-state index in [1.807, 2.05) is 111 Å². The number of hydrogen-bond donors (Lipinski definition) is 4. The number of nitrogens with zero attached hydrogens (tertiary/aromatic N) is 1. The third kappa shape index (κ3) is 8.18. The molecule has 0 unspecified atom stereocenters. The molecule has 0 spiro atoms. The summed E-state index contributed by atoms with van der Waals surface area (Å²) in [6, 6.07) is 33.1. The Labute approximate surface area is 287 Å². The number of carbonyl (C=O) groups is 3. The molecular weight excluding hydrogens is 614 g/mol. The number of nitrogens with one attached hydrogen (secondary N) is 4. The lowest BCUT2D eigenvalue weighted by Crippen LogP contribution is -2.50. The van der Waals surface area contributed by atoms with E-state index >= 15 is 0 Å². The van der Waals surface area contributed by atoms with E-state index in [4.69, 9.17) is 4.42 Å². The first-order valence-corrected chi connectivity index (χ1v) is 16.7. The Morgan fingerprint density at radius 2 is 1.63 bits per heavy atom. The Bertz CT molecular complexity index is 1920. The van der Waals surface area contributed by atoms with Gasteiger partial charge in [-0.05, 0) is 72.7 Å². The molecule has 0 saturated carbocycles. The number of para-hydroxylation sites is 2. The number of hydrogen-bond acceptors (Lipinski definition) is 5. The Balaban J connectivity index is 1.13. The van der Waals surface area contributed by atoms with Gasteiger partial charge < -0.3 is 30.6 Å². The van der Waals surface area contributed by atoms with Gasteiger partial charge in [-0.25, -0.2) is 4.79 Å². The molecule has 1 atom stereocenters. The van der Waals surface area contributed by atoms with Crippen molar-refractivity contribution in [3.05, 3.63) is 126 Å². The van der Waals surface area contributed by atoms with Gasteiger partial charge in [0.1, 0.15) is 17.4 Å². The highest BCUT2D eigenvalue weighted by molar-refractivity contribution is 6.00. The molecular formula is C40H43N5O4. The number of carbonyl (C=O) groups excluding carboxylic acids is 3. The van der Waals surface area contributed by atoms with Gasteiger partial charge in [0.05, 0.1) is 13.1 Å². The fraction of sp³-hybridized carbons (Fsp3) is 0.275. The molecule has 4 amide bonds. The highest BCUT2D eigenvalue weighted by Gasteiger charge is 2.32. The van der Waals surface area contributed by atoms with Crippen LogP contribution in [0, 0.1) is 0 Å². The minimum absolute atomic E-state index is 0.124. The lowest BCUT2D eigenvalue weighted by Gasteiger charge is -2.29. The fourth-order valence-electron chi connectivity index (χ4n) is 6.36. The number of benzene rings is 4. The molecule has 4 N–H and O–H groups in total. The number of furan rings is 1. The van der Waals surface area contributed by atoms with Crippen LogP contribution in [0.5, 0.6) is 0 Å². The monoisotopic (exact) mass is 657 g/mol. The van der Waals surface area contributed by atoms with Gasteiger partial charge >= 0.3 is 6.03 Å². The topological polar surface area (TPSA) is 116 Å². The van der Waals surface area contributed by atoms with Crippen LogP contribution in [0.3, 0.4) is 0 Å². The molecule has 5 aromatic rings. The molecule has 4 aromatic carbocycles. The molecule has 0 saturated heterocycles. The van der Waals surface area contributed by atoms with Crippen LogP contribution < -0.4 is 26.2 Å². The molecule has 1 aliphatic rings. The Hall–Kier alpha value is -5.41. The number of aryl methyl sites for hydroxylation is 1. The van der Waals surface area contributed by atoms with E-state index in [-0.39, 0.29) is 24.3 Å². The first kappa shape index (κ1) is 33.5. The predicted octanol–water partition coefficient (Wildman–Crippen LogP) is 6.45. The summed E-state index contributed by atoms with van der Waals surface area (Å²) in [7, 11) is 1.59. The van der Waals surface area contributed by atoms with Gasteiger partial charge in [-0.1, -0.05) is 84.9 Å². The van der Waals surface area contributed by atoms with Crippen molar-refractivity contribution in [3.8, 4) is 11.1 Å². The molecule has 1 aliphatic heterocycles. The van der Waals surface area contributed by atoms with Crippen LogP contribution in [-0.2, 0) is 35.6 Å². The Morgan fingerprint density at radius 1 is 0.898 bits per heavy atom. The van der Waals surface area contributed by atoms with Crippen LogP contribution in [0.15, 0.2) is 108 Å². The van der Waals surface area contributed by atoms with E-state index in [1.54, 1.807) is 11.9 Å². The molecule has 6 rings (SSSR count). The second-order valence-corrected chi connectivity index (χ2v) is 13.2. The maximum Gasteiger partial charge on any atom is 0.314 e. The average molecular weight is 658 g/mol. The highest BCUT2D eigenvalue weighted by atomic mass is 16.3. The standard InChI is InChI=1S/C40H43N5O4/c1-40(2,43-25-32-22-30-11-6-9-15-36(30)49-32)23-37(46)44-34-21-20-29-10-5-8-14-35(29)45(38(34)47)26-27-16-18-28(19-17-27)33-13-7-4-12-31(33)24-42-39(48)41-3/h4-19,22,34,43H,20-21,23-26H2,1-3H3,(H,44,46)(H2,41,42,48)/t34-/m1/s1. The molecule has 1 aromatic heterocycles. The third-order valence-electron chi connectivity index (χ3n) is 8.99. The van der Waals surface area contributed by atoms with Crippen molar-refractivity contribution in [1.29, 1.82) is 0 Å². The van der Waals surface area contributed by atoms with Crippen molar-refractivity contribution in [2.24, 2.45) is 0 Å². The number of amides is 4. The Kier molecular flexibility index (Phi) is 10.1. The summed E-state index contributed by atoms with van der Waals surface area (Å²) < 4.78 is 5.94. The van der Waals surface area contributed by atoms with Crippen LogP contribution in [0.2, 0.25) is 0 Å². The van der Waals surface area contributed by atoms with Gasteiger partial charge in [0.2, 0.25) is 11.8 Å². The van der Waals surface area contributed by atoms with E-state index in [0.717, 1.165) is 50.2 Å². The minimum atomic E-state index is -0.648. The molecule has 0 fully saturated rings. The van der Waals surface area contributed by atoms with Gasteiger partial charge in [0.25, 0.3) is 0 Å². The summed E-state index contributed by atoms with van der Waals surface area (Å²) in [5, 5.41) is 13.0. The van der Waals surface area contributed by atoms with Gasteiger partial charge in [0.15, 0.2) is 0 Å². The summed E-state index contributed by atoms with van der Waals surface area (Å²) in [6.07, 6.45) is 1.40. The van der Waals surface area contributed by atoms with Crippen molar-refractivity contribution in [2.75, 3.05) is 11.9 Å². The fourth-order valence-corrected chi connectivity index (χ4v) is 6.36. The summed E-state index contributed by atoms with van der Waals surface area (Å²) >= 11 is 0. The molecule has 252 valence electrons. The first-order valence-electron chi connectivity index (χ1n) is 16.7. The first-order chi connectivity index (χ1) is 23.7. The predicted molar refractivity (Wildman–Crippen MR) is 193 cm³/mol. The van der Waals surface area contributed by atoms with Crippen molar-refractivity contribution >= 4 is 34.5 Å². The average Bonchev–Trinajstić information content (AvgIpc) is 3.49. The van der Waals surface area contributed by atoms with Gasteiger partial charge in [0, 0.05) is 36.6 Å².